The largest absolute Gasteiger partial charge is 0.497 e. The molecular formula is C62H66ClN3O10. The number of esters is 1. The maximum atomic E-state index is 14.3. The lowest BCUT2D eigenvalue weighted by Crippen LogP contribution is -2.53. The van der Waals surface area contributed by atoms with Crippen LogP contribution in [0.3, 0.4) is 0 Å². The number of nitrogens with one attached hydrogen (secondary N) is 1. The Hall–Kier alpha value is -7.61. The number of ether oxygens (including phenoxy) is 6. The summed E-state index contributed by atoms with van der Waals surface area (Å²) in [6.07, 6.45) is 6.96. The van der Waals surface area contributed by atoms with E-state index >= 15 is 0 Å². The Morgan fingerprint density at radius 1 is 0.697 bits per heavy atom. The lowest BCUT2D eigenvalue weighted by atomic mass is 9.93. The van der Waals surface area contributed by atoms with Gasteiger partial charge in [0.2, 0.25) is 11.8 Å². The zero-order valence-electron chi connectivity index (χ0n) is 43.7. The number of carbonyl (C=O) groups is 4. The average Bonchev–Trinajstić information content (AvgIpc) is 3.46. The summed E-state index contributed by atoms with van der Waals surface area (Å²) >= 11 is 6.94. The van der Waals surface area contributed by atoms with Crippen molar-refractivity contribution in [3.63, 3.8) is 0 Å². The number of nitrogens with zero attached hydrogens (tertiary/aromatic N) is 2. The van der Waals surface area contributed by atoms with Crippen LogP contribution in [0.25, 0.3) is 17.2 Å². The summed E-state index contributed by atoms with van der Waals surface area (Å²) in [6.45, 7) is 6.77. The average molecular weight is 1050 g/mol. The summed E-state index contributed by atoms with van der Waals surface area (Å²) in [7, 11) is 3.16. The van der Waals surface area contributed by atoms with Gasteiger partial charge < -0.3 is 38.6 Å². The SMILES string of the molecule is CCOC(=O)COc1cc(OCc2cccc(-c3ccccc3)c2C)c(Cl)cc1CN1CCCCC1C(=O)N1CCC(C(=O)NCc2ccc(COc3ccc(/C=C/C(=O)c4ccc(OC)cc4)cc3OC)cc2)CC1. The molecule has 1 unspecified atom stereocenters. The zero-order chi connectivity index (χ0) is 53.4. The summed E-state index contributed by atoms with van der Waals surface area (Å²) in [5.41, 5.74) is 8.34. The number of rotatable bonds is 22. The van der Waals surface area contributed by atoms with Crippen molar-refractivity contribution in [1.29, 1.82) is 0 Å². The second-order valence-corrected chi connectivity index (χ2v) is 19.4. The molecule has 14 heteroatoms. The van der Waals surface area contributed by atoms with Gasteiger partial charge in [0, 0.05) is 49.3 Å². The molecule has 0 aliphatic carbocycles. The van der Waals surface area contributed by atoms with Gasteiger partial charge in [-0.25, -0.2) is 4.79 Å². The number of methoxy groups -OCH3 is 2. The van der Waals surface area contributed by atoms with E-state index in [9.17, 15) is 19.2 Å². The monoisotopic (exact) mass is 1050 g/mol. The number of hydrogen-bond acceptors (Lipinski definition) is 11. The molecule has 2 heterocycles. The Morgan fingerprint density at radius 3 is 2.18 bits per heavy atom. The molecule has 1 atom stereocenters. The van der Waals surface area contributed by atoms with E-state index in [0.29, 0.717) is 97.9 Å². The van der Waals surface area contributed by atoms with Crippen LogP contribution in [-0.2, 0) is 45.4 Å². The topological polar surface area (TPSA) is 142 Å². The van der Waals surface area contributed by atoms with E-state index in [1.165, 1.54) is 6.08 Å². The second-order valence-electron chi connectivity index (χ2n) is 19.0. The molecular weight excluding hydrogens is 982 g/mol. The van der Waals surface area contributed by atoms with Crippen LogP contribution >= 0.6 is 11.6 Å². The zero-order valence-corrected chi connectivity index (χ0v) is 44.4. The number of carbonyl (C=O) groups excluding carboxylic acids is 4. The molecule has 6 aromatic rings. The van der Waals surface area contributed by atoms with Crippen molar-refractivity contribution in [1.82, 2.24) is 15.1 Å². The standard InChI is InChI=1S/C62H66ClN3O10/c1-5-73-60(68)41-76-57-36-58(75-40-49-14-11-15-52(42(49)2)46-12-7-6-8-13-46)53(63)35-50(57)38-66-31-10-9-16-54(66)62(70)65-32-29-48(30-33-65)61(69)64-37-44-17-19-45(20-18-44)39-74-56-28-22-43(34-59(56)72-4)21-27-55(67)47-23-25-51(71-3)26-24-47/h6-8,11-15,17-28,34-36,48,54H,5,9-10,16,29-33,37-41H2,1-4H3,(H,64,69)/b27-21+. The minimum Gasteiger partial charge on any atom is -0.497 e. The Kier molecular flexibility index (Phi) is 19.2. The Bertz CT molecular complexity index is 2970. The predicted octanol–water partition coefficient (Wildman–Crippen LogP) is 11.2. The summed E-state index contributed by atoms with van der Waals surface area (Å²) in [5, 5.41) is 3.51. The van der Waals surface area contributed by atoms with Crippen LogP contribution < -0.4 is 29.0 Å². The lowest BCUT2D eigenvalue weighted by Gasteiger charge is -2.40. The highest BCUT2D eigenvalue weighted by atomic mass is 35.5. The van der Waals surface area contributed by atoms with Gasteiger partial charge in [0.25, 0.3) is 0 Å². The van der Waals surface area contributed by atoms with Crippen LogP contribution in [0.2, 0.25) is 5.02 Å². The number of allylic oxidation sites excluding steroid dienone is 1. The van der Waals surface area contributed by atoms with E-state index in [1.807, 2.05) is 83.8 Å². The third kappa shape index (κ3) is 14.4. The van der Waals surface area contributed by atoms with Gasteiger partial charge in [-0.1, -0.05) is 103 Å². The molecule has 0 aromatic heterocycles. The number of piperidine rings is 2. The number of amides is 2. The van der Waals surface area contributed by atoms with Crippen LogP contribution in [0.15, 0.2) is 133 Å². The van der Waals surface area contributed by atoms with E-state index in [4.69, 9.17) is 40.0 Å². The molecule has 0 radical (unpaired) electrons. The first-order valence-electron chi connectivity index (χ1n) is 25.9. The van der Waals surface area contributed by atoms with Gasteiger partial charge in [-0.3, -0.25) is 19.3 Å². The van der Waals surface area contributed by atoms with Gasteiger partial charge in [0.05, 0.1) is 31.9 Å². The number of ketones is 1. The van der Waals surface area contributed by atoms with Crippen molar-refractivity contribution in [3.8, 4) is 39.9 Å². The molecule has 0 bridgehead atoms. The second kappa shape index (κ2) is 26.7. The van der Waals surface area contributed by atoms with Crippen molar-refractivity contribution in [3.05, 3.63) is 177 Å². The van der Waals surface area contributed by atoms with Crippen LogP contribution in [0, 0.1) is 12.8 Å². The first kappa shape index (κ1) is 54.6. The molecule has 2 amide bonds. The molecule has 6 aromatic carbocycles. The Balaban J connectivity index is 0.818. The van der Waals surface area contributed by atoms with Crippen molar-refractivity contribution in [2.75, 3.05) is 47.1 Å². The first-order chi connectivity index (χ1) is 37.0. The van der Waals surface area contributed by atoms with Crippen molar-refractivity contribution < 1.29 is 47.6 Å². The molecule has 13 nitrogen and oxygen atoms in total. The van der Waals surface area contributed by atoms with Gasteiger partial charge in [-0.2, -0.15) is 0 Å². The van der Waals surface area contributed by atoms with Crippen LogP contribution in [0.4, 0.5) is 0 Å². The fourth-order valence-electron chi connectivity index (χ4n) is 9.64. The summed E-state index contributed by atoms with van der Waals surface area (Å²) < 4.78 is 34.5. The minimum atomic E-state index is -0.492. The first-order valence-corrected chi connectivity index (χ1v) is 26.3. The molecule has 2 aliphatic heterocycles. The summed E-state index contributed by atoms with van der Waals surface area (Å²) in [6, 6.07) is 39.9. The molecule has 8 rings (SSSR count). The van der Waals surface area contributed by atoms with Crippen LogP contribution in [0.1, 0.15) is 82.8 Å². The van der Waals surface area contributed by atoms with Gasteiger partial charge >= 0.3 is 5.97 Å². The quantitative estimate of drug-likeness (QED) is 0.0394. The predicted molar refractivity (Wildman–Crippen MR) is 294 cm³/mol. The molecule has 76 heavy (non-hydrogen) atoms. The highest BCUT2D eigenvalue weighted by Gasteiger charge is 2.35. The lowest BCUT2D eigenvalue weighted by molar-refractivity contribution is -0.145. The highest BCUT2D eigenvalue weighted by Crippen LogP contribution is 2.37. The third-order valence-corrected chi connectivity index (χ3v) is 14.3. The van der Waals surface area contributed by atoms with E-state index < -0.39 is 5.97 Å². The molecule has 0 saturated carbocycles. The number of halogens is 1. The normalized spacial score (nSPS) is 15.0. The molecule has 2 fully saturated rings. The number of likely N-dealkylation sites (tertiary alicyclic amines) is 2. The summed E-state index contributed by atoms with van der Waals surface area (Å²) in [5.74, 6) is 1.86. The number of benzene rings is 6. The molecule has 2 saturated heterocycles. The molecule has 0 spiro atoms. The number of hydrogen-bond donors (Lipinski definition) is 1. The molecule has 396 valence electrons. The fraction of sp³-hybridized carbons (Fsp3) is 0.323. The Morgan fingerprint density at radius 2 is 1.45 bits per heavy atom. The summed E-state index contributed by atoms with van der Waals surface area (Å²) in [4.78, 5) is 57.0. The molecule has 1 N–H and O–H groups in total. The van der Waals surface area contributed by atoms with Crippen LogP contribution in [-0.4, -0.2) is 86.5 Å². The van der Waals surface area contributed by atoms with Crippen LogP contribution in [0.5, 0.6) is 28.7 Å². The maximum Gasteiger partial charge on any atom is 0.344 e. The van der Waals surface area contributed by atoms with Crippen molar-refractivity contribution in [2.45, 2.75) is 78.3 Å². The third-order valence-electron chi connectivity index (χ3n) is 14.0. The Labute approximate surface area is 450 Å². The minimum absolute atomic E-state index is 0.0234. The van der Waals surface area contributed by atoms with Crippen molar-refractivity contribution >= 4 is 41.2 Å². The van der Waals surface area contributed by atoms with E-state index in [0.717, 1.165) is 57.3 Å². The fourth-order valence-corrected chi connectivity index (χ4v) is 9.88. The van der Waals surface area contributed by atoms with Gasteiger partial charge in [0.1, 0.15) is 30.5 Å². The highest BCUT2D eigenvalue weighted by molar-refractivity contribution is 6.32. The molecule has 2 aliphatic rings. The maximum absolute atomic E-state index is 14.3. The van der Waals surface area contributed by atoms with Gasteiger partial charge in [0.15, 0.2) is 23.9 Å². The van der Waals surface area contributed by atoms with Gasteiger partial charge in [-0.15, -0.1) is 0 Å². The van der Waals surface area contributed by atoms with E-state index in [-0.39, 0.29) is 49.4 Å². The van der Waals surface area contributed by atoms with E-state index in [1.54, 1.807) is 57.6 Å². The van der Waals surface area contributed by atoms with Gasteiger partial charge in [-0.05, 0) is 134 Å². The van der Waals surface area contributed by atoms with E-state index in [2.05, 4.69) is 35.3 Å². The smallest absolute Gasteiger partial charge is 0.344 e. The van der Waals surface area contributed by atoms with Crippen molar-refractivity contribution in [2.24, 2.45) is 5.92 Å².